The third kappa shape index (κ3) is 5.38. The van der Waals surface area contributed by atoms with Crippen LogP contribution < -0.4 is 10.6 Å². The van der Waals surface area contributed by atoms with Crippen molar-refractivity contribution in [3.63, 3.8) is 0 Å². The molecule has 0 heterocycles. The third-order valence-corrected chi connectivity index (χ3v) is 3.41. The summed E-state index contributed by atoms with van der Waals surface area (Å²) in [6.07, 6.45) is 6.69. The van der Waals surface area contributed by atoms with Crippen LogP contribution in [0.1, 0.15) is 51.9 Å². The summed E-state index contributed by atoms with van der Waals surface area (Å²) in [4.78, 5) is 22.9. The molecule has 1 atom stereocenters. The highest BCUT2D eigenvalue weighted by molar-refractivity contribution is 5.76. The molecule has 1 fully saturated rings. The summed E-state index contributed by atoms with van der Waals surface area (Å²) < 4.78 is 4.60. The number of hydrogen-bond donors (Lipinski definition) is 2. The van der Waals surface area contributed by atoms with Crippen molar-refractivity contribution in [2.24, 2.45) is 0 Å². The molecule has 1 aliphatic carbocycles. The van der Waals surface area contributed by atoms with E-state index in [1.54, 1.807) is 0 Å². The number of ether oxygens (including phenoxy) is 1. The molecule has 2 amide bonds. The monoisotopic (exact) mass is 256 g/mol. The molecule has 0 saturated heterocycles. The van der Waals surface area contributed by atoms with Crippen LogP contribution in [0.2, 0.25) is 0 Å². The van der Waals surface area contributed by atoms with Crippen LogP contribution in [-0.4, -0.2) is 31.2 Å². The first kappa shape index (κ1) is 14.8. The van der Waals surface area contributed by atoms with Gasteiger partial charge in [-0.2, -0.15) is 0 Å². The number of esters is 1. The smallest absolute Gasteiger partial charge is 0.315 e. The average Bonchev–Trinajstić information content (AvgIpc) is 2.38. The number of urea groups is 1. The molecular formula is C13H24N2O3. The molecule has 5 nitrogen and oxygen atoms in total. The second-order valence-corrected chi connectivity index (χ2v) is 4.84. The standard InChI is InChI=1S/C13H24N2O3/c1-3-10(9-12(16)18-2)14-13(17)15-11-7-5-4-6-8-11/h10-11H,3-9H2,1-2H3,(H2,14,15,17). The second-order valence-electron chi connectivity index (χ2n) is 4.84. The van der Waals surface area contributed by atoms with E-state index in [0.717, 1.165) is 12.8 Å². The molecule has 1 saturated carbocycles. The fraction of sp³-hybridized carbons (Fsp3) is 0.846. The fourth-order valence-corrected chi connectivity index (χ4v) is 2.24. The van der Waals surface area contributed by atoms with Crippen molar-refractivity contribution in [2.75, 3.05) is 7.11 Å². The number of carbonyl (C=O) groups excluding carboxylic acids is 2. The summed E-state index contributed by atoms with van der Waals surface area (Å²) in [6.45, 7) is 1.94. The van der Waals surface area contributed by atoms with E-state index in [4.69, 9.17) is 0 Å². The van der Waals surface area contributed by atoms with Crippen LogP contribution in [0.5, 0.6) is 0 Å². The third-order valence-electron chi connectivity index (χ3n) is 3.41. The molecule has 104 valence electrons. The molecule has 0 aromatic heterocycles. The maximum Gasteiger partial charge on any atom is 0.315 e. The van der Waals surface area contributed by atoms with Gasteiger partial charge < -0.3 is 15.4 Å². The van der Waals surface area contributed by atoms with Gasteiger partial charge in [0.2, 0.25) is 0 Å². The summed E-state index contributed by atoms with van der Waals surface area (Å²) >= 11 is 0. The summed E-state index contributed by atoms with van der Waals surface area (Å²) in [5.41, 5.74) is 0. The van der Waals surface area contributed by atoms with Crippen molar-refractivity contribution in [1.29, 1.82) is 0 Å². The van der Waals surface area contributed by atoms with Crippen LogP contribution >= 0.6 is 0 Å². The summed E-state index contributed by atoms with van der Waals surface area (Å²) in [7, 11) is 1.36. The molecule has 1 rings (SSSR count). The number of rotatable bonds is 5. The van der Waals surface area contributed by atoms with Crippen LogP contribution in [0.4, 0.5) is 4.79 Å². The maximum atomic E-state index is 11.8. The predicted octanol–water partition coefficient (Wildman–Crippen LogP) is 1.96. The zero-order chi connectivity index (χ0) is 13.4. The van der Waals surface area contributed by atoms with Gasteiger partial charge in [-0.25, -0.2) is 4.79 Å². The van der Waals surface area contributed by atoms with Crippen molar-refractivity contribution in [1.82, 2.24) is 10.6 Å². The van der Waals surface area contributed by atoms with Crippen LogP contribution in [0.15, 0.2) is 0 Å². The first-order valence-electron chi connectivity index (χ1n) is 6.79. The van der Waals surface area contributed by atoms with Gasteiger partial charge >= 0.3 is 12.0 Å². The normalized spacial score (nSPS) is 17.9. The Kier molecular flexibility index (Phi) is 6.54. The van der Waals surface area contributed by atoms with Crippen molar-refractivity contribution in [3.05, 3.63) is 0 Å². The molecule has 0 aromatic rings. The van der Waals surface area contributed by atoms with Crippen LogP contribution in [-0.2, 0) is 9.53 Å². The van der Waals surface area contributed by atoms with Crippen molar-refractivity contribution in [3.8, 4) is 0 Å². The van der Waals surface area contributed by atoms with Crippen LogP contribution in [0.3, 0.4) is 0 Å². The lowest BCUT2D eigenvalue weighted by Crippen LogP contribution is -2.47. The molecule has 2 N–H and O–H groups in total. The second kappa shape index (κ2) is 7.95. The van der Waals surface area contributed by atoms with E-state index in [0.29, 0.717) is 6.42 Å². The lowest BCUT2D eigenvalue weighted by atomic mass is 9.96. The maximum absolute atomic E-state index is 11.8. The van der Waals surface area contributed by atoms with Crippen molar-refractivity contribution in [2.45, 2.75) is 64.0 Å². The van der Waals surface area contributed by atoms with E-state index in [2.05, 4.69) is 15.4 Å². The Labute approximate surface area is 109 Å². The Bertz CT molecular complexity index is 275. The molecule has 0 aromatic carbocycles. The fourth-order valence-electron chi connectivity index (χ4n) is 2.24. The minimum Gasteiger partial charge on any atom is -0.469 e. The molecule has 1 aliphatic rings. The van der Waals surface area contributed by atoms with Crippen LogP contribution in [0.25, 0.3) is 0 Å². The Hall–Kier alpha value is -1.26. The van der Waals surface area contributed by atoms with Gasteiger partial charge in [0.05, 0.1) is 13.5 Å². The highest BCUT2D eigenvalue weighted by atomic mass is 16.5. The summed E-state index contributed by atoms with van der Waals surface area (Å²) in [5, 5.41) is 5.80. The molecule has 18 heavy (non-hydrogen) atoms. The first-order chi connectivity index (χ1) is 8.65. The lowest BCUT2D eigenvalue weighted by molar-refractivity contribution is -0.141. The summed E-state index contributed by atoms with van der Waals surface area (Å²) in [5.74, 6) is -0.292. The van der Waals surface area contributed by atoms with Crippen molar-refractivity contribution < 1.29 is 14.3 Å². The number of carbonyl (C=O) groups is 2. The molecule has 0 aliphatic heterocycles. The van der Waals surface area contributed by atoms with Gasteiger partial charge in [0.25, 0.3) is 0 Å². The Morgan fingerprint density at radius 2 is 1.94 bits per heavy atom. The van der Waals surface area contributed by atoms with Gasteiger partial charge in [-0.15, -0.1) is 0 Å². The van der Waals surface area contributed by atoms with E-state index in [1.807, 2.05) is 6.92 Å². The zero-order valence-electron chi connectivity index (χ0n) is 11.3. The molecule has 1 unspecified atom stereocenters. The number of nitrogens with one attached hydrogen (secondary N) is 2. The van der Waals surface area contributed by atoms with Gasteiger partial charge in [0.15, 0.2) is 0 Å². The molecule has 0 radical (unpaired) electrons. The number of hydrogen-bond acceptors (Lipinski definition) is 3. The number of amides is 2. The Morgan fingerprint density at radius 3 is 2.50 bits per heavy atom. The Morgan fingerprint density at radius 1 is 1.28 bits per heavy atom. The van der Waals surface area contributed by atoms with Gasteiger partial charge in [0.1, 0.15) is 0 Å². The SMILES string of the molecule is CCC(CC(=O)OC)NC(=O)NC1CCCCC1. The molecule has 0 bridgehead atoms. The quantitative estimate of drug-likeness (QED) is 0.739. The summed E-state index contributed by atoms with van der Waals surface area (Å²) in [6, 6.07) is -0.0342. The van der Waals surface area contributed by atoms with E-state index >= 15 is 0 Å². The van der Waals surface area contributed by atoms with Gasteiger partial charge in [-0.05, 0) is 19.3 Å². The van der Waals surface area contributed by atoms with E-state index < -0.39 is 0 Å². The average molecular weight is 256 g/mol. The van der Waals surface area contributed by atoms with E-state index in [1.165, 1.54) is 26.4 Å². The zero-order valence-corrected chi connectivity index (χ0v) is 11.3. The highest BCUT2D eigenvalue weighted by Crippen LogP contribution is 2.17. The molecule has 0 spiro atoms. The largest absolute Gasteiger partial charge is 0.469 e. The van der Waals surface area contributed by atoms with Gasteiger partial charge in [-0.3, -0.25) is 4.79 Å². The molecule has 5 heteroatoms. The van der Waals surface area contributed by atoms with Crippen LogP contribution in [0, 0.1) is 0 Å². The topological polar surface area (TPSA) is 67.4 Å². The first-order valence-corrected chi connectivity index (χ1v) is 6.79. The highest BCUT2D eigenvalue weighted by Gasteiger charge is 2.18. The van der Waals surface area contributed by atoms with Crippen molar-refractivity contribution >= 4 is 12.0 Å². The van der Waals surface area contributed by atoms with Gasteiger partial charge in [0, 0.05) is 12.1 Å². The lowest BCUT2D eigenvalue weighted by Gasteiger charge is -2.24. The predicted molar refractivity (Wildman–Crippen MR) is 69.3 cm³/mol. The van der Waals surface area contributed by atoms with E-state index in [9.17, 15) is 9.59 Å². The Balaban J connectivity index is 2.29. The molecular weight excluding hydrogens is 232 g/mol. The number of methoxy groups -OCH3 is 1. The van der Waals surface area contributed by atoms with E-state index in [-0.39, 0.29) is 30.5 Å². The van der Waals surface area contributed by atoms with Gasteiger partial charge in [-0.1, -0.05) is 26.2 Å². The minimum absolute atomic E-state index is 0.152. The minimum atomic E-state index is -0.292.